The summed E-state index contributed by atoms with van der Waals surface area (Å²) >= 11 is 0. The molecule has 0 aromatic heterocycles. The molecule has 0 aromatic carbocycles. The van der Waals surface area contributed by atoms with Crippen LogP contribution in [-0.2, 0) is 9.59 Å². The largest absolute Gasteiger partial charge is 0.391 e. The van der Waals surface area contributed by atoms with Crippen molar-refractivity contribution >= 4 is 11.8 Å². The number of fused-ring (bicyclic) bond motifs is 1. The Morgan fingerprint density at radius 2 is 2.17 bits per heavy atom. The first kappa shape index (κ1) is 10.8. The molecule has 4 rings (SSSR count). The van der Waals surface area contributed by atoms with E-state index < -0.39 is 0 Å². The van der Waals surface area contributed by atoms with Crippen molar-refractivity contribution in [1.29, 1.82) is 0 Å². The van der Waals surface area contributed by atoms with E-state index in [1.54, 1.807) is 0 Å². The third kappa shape index (κ3) is 1.25. The van der Waals surface area contributed by atoms with E-state index in [-0.39, 0.29) is 29.9 Å². The lowest BCUT2D eigenvalue weighted by Gasteiger charge is -2.30. The zero-order valence-electron chi connectivity index (χ0n) is 10.2. The van der Waals surface area contributed by atoms with E-state index in [1.807, 2.05) is 4.90 Å². The van der Waals surface area contributed by atoms with Crippen LogP contribution in [0.1, 0.15) is 19.3 Å². The van der Waals surface area contributed by atoms with Gasteiger partial charge in [-0.1, -0.05) is 0 Å². The molecular weight excluding hydrogens is 232 g/mol. The summed E-state index contributed by atoms with van der Waals surface area (Å²) in [5.41, 5.74) is 0. The van der Waals surface area contributed by atoms with Gasteiger partial charge in [0.1, 0.15) is 0 Å². The third-order valence-electron chi connectivity index (χ3n) is 5.46. The van der Waals surface area contributed by atoms with Crippen LogP contribution in [0.25, 0.3) is 0 Å². The maximum atomic E-state index is 12.5. The number of carbonyl (C=O) groups excluding carboxylic acids is 2. The Hall–Kier alpha value is -1.10. The molecule has 18 heavy (non-hydrogen) atoms. The second kappa shape index (κ2) is 3.47. The molecule has 2 heterocycles. The number of nitrogens with zero attached hydrogens (tertiary/aromatic N) is 1. The molecule has 2 amide bonds. The third-order valence-corrected chi connectivity index (χ3v) is 5.46. The predicted octanol–water partition coefficient (Wildman–Crippen LogP) is -0.650. The van der Waals surface area contributed by atoms with Gasteiger partial charge < -0.3 is 15.3 Å². The SMILES string of the molecule is O=C1CC(C(=O)N2CC3CC4CC3C2C4O)CN1. The van der Waals surface area contributed by atoms with E-state index in [0.717, 1.165) is 19.4 Å². The molecular formula is C13H18N2O3. The molecule has 2 aliphatic carbocycles. The zero-order chi connectivity index (χ0) is 12.4. The van der Waals surface area contributed by atoms with Gasteiger partial charge in [-0.2, -0.15) is 0 Å². The van der Waals surface area contributed by atoms with Gasteiger partial charge in [0.15, 0.2) is 0 Å². The lowest BCUT2D eigenvalue weighted by molar-refractivity contribution is -0.138. The van der Waals surface area contributed by atoms with Crippen LogP contribution in [0.3, 0.4) is 0 Å². The maximum Gasteiger partial charge on any atom is 0.228 e. The summed E-state index contributed by atoms with van der Waals surface area (Å²) in [7, 11) is 0. The van der Waals surface area contributed by atoms with Crippen LogP contribution in [0.5, 0.6) is 0 Å². The fraction of sp³-hybridized carbons (Fsp3) is 0.846. The van der Waals surface area contributed by atoms with Crippen molar-refractivity contribution in [3.8, 4) is 0 Å². The molecule has 0 radical (unpaired) electrons. The molecule has 98 valence electrons. The van der Waals surface area contributed by atoms with Crippen molar-refractivity contribution in [2.75, 3.05) is 13.1 Å². The van der Waals surface area contributed by atoms with Crippen LogP contribution in [0.4, 0.5) is 0 Å². The van der Waals surface area contributed by atoms with E-state index in [2.05, 4.69) is 5.32 Å². The van der Waals surface area contributed by atoms with E-state index in [1.165, 1.54) is 0 Å². The van der Waals surface area contributed by atoms with Gasteiger partial charge in [0.25, 0.3) is 0 Å². The second-order valence-electron chi connectivity index (χ2n) is 6.33. The summed E-state index contributed by atoms with van der Waals surface area (Å²) < 4.78 is 0. The molecule has 2 aliphatic heterocycles. The van der Waals surface area contributed by atoms with Gasteiger partial charge in [0.05, 0.1) is 18.1 Å². The van der Waals surface area contributed by atoms with Crippen molar-refractivity contribution < 1.29 is 14.7 Å². The van der Waals surface area contributed by atoms with Crippen LogP contribution < -0.4 is 5.32 Å². The Morgan fingerprint density at radius 1 is 1.33 bits per heavy atom. The summed E-state index contributed by atoms with van der Waals surface area (Å²) in [6.45, 7) is 1.27. The van der Waals surface area contributed by atoms with Crippen molar-refractivity contribution in [2.24, 2.45) is 23.7 Å². The lowest BCUT2D eigenvalue weighted by Crippen LogP contribution is -2.46. The number of nitrogens with one attached hydrogen (secondary N) is 1. The second-order valence-corrected chi connectivity index (χ2v) is 6.33. The number of aliphatic hydroxyl groups is 1. The van der Waals surface area contributed by atoms with E-state index in [9.17, 15) is 14.7 Å². The number of hydrogen-bond donors (Lipinski definition) is 2. The quantitative estimate of drug-likeness (QED) is 0.650. The van der Waals surface area contributed by atoms with Crippen molar-refractivity contribution in [1.82, 2.24) is 10.2 Å². The average molecular weight is 250 g/mol. The highest BCUT2D eigenvalue weighted by atomic mass is 16.3. The van der Waals surface area contributed by atoms with Gasteiger partial charge in [-0.15, -0.1) is 0 Å². The standard InChI is InChI=1S/C13H18N2O3/c16-10-3-7(4-14-10)13(18)15-5-8-1-6-2-9(8)11(15)12(6)17/h6-9,11-12,17H,1-5H2,(H,14,16). The minimum atomic E-state index is -0.331. The first-order chi connectivity index (χ1) is 8.65. The molecule has 2 saturated heterocycles. The fourth-order valence-corrected chi connectivity index (χ4v) is 4.68. The Bertz CT molecular complexity index is 422. The summed E-state index contributed by atoms with van der Waals surface area (Å²) in [4.78, 5) is 25.6. The normalized spacial score (nSPS) is 48.9. The molecule has 4 fully saturated rings. The van der Waals surface area contributed by atoms with Crippen LogP contribution in [0.15, 0.2) is 0 Å². The Morgan fingerprint density at radius 3 is 2.83 bits per heavy atom. The van der Waals surface area contributed by atoms with E-state index in [0.29, 0.717) is 30.7 Å². The molecule has 2 N–H and O–H groups in total. The topological polar surface area (TPSA) is 69.6 Å². The van der Waals surface area contributed by atoms with Gasteiger partial charge in [0, 0.05) is 19.5 Å². The van der Waals surface area contributed by atoms with Gasteiger partial charge in [-0.3, -0.25) is 9.59 Å². The number of likely N-dealkylation sites (tertiary alicyclic amines) is 1. The maximum absolute atomic E-state index is 12.5. The van der Waals surface area contributed by atoms with Crippen LogP contribution >= 0.6 is 0 Å². The van der Waals surface area contributed by atoms with Crippen LogP contribution in [-0.4, -0.2) is 47.1 Å². The van der Waals surface area contributed by atoms with Crippen molar-refractivity contribution in [3.63, 3.8) is 0 Å². The lowest BCUT2D eigenvalue weighted by atomic mass is 9.88. The highest BCUT2D eigenvalue weighted by Crippen LogP contribution is 2.55. The molecule has 0 spiro atoms. The summed E-state index contributed by atoms with van der Waals surface area (Å²) in [5.74, 6) is 1.36. The zero-order valence-corrected chi connectivity index (χ0v) is 10.2. The van der Waals surface area contributed by atoms with E-state index >= 15 is 0 Å². The Balaban J connectivity index is 1.56. The number of aliphatic hydroxyl groups excluding tert-OH is 1. The Labute approximate surface area is 106 Å². The molecule has 4 aliphatic rings. The highest BCUT2D eigenvalue weighted by Gasteiger charge is 2.60. The predicted molar refractivity (Wildman–Crippen MR) is 62.3 cm³/mol. The van der Waals surface area contributed by atoms with Crippen LogP contribution in [0.2, 0.25) is 0 Å². The molecule has 5 heteroatoms. The molecule has 6 atom stereocenters. The van der Waals surface area contributed by atoms with E-state index in [4.69, 9.17) is 0 Å². The van der Waals surface area contributed by atoms with Crippen LogP contribution in [0, 0.1) is 23.7 Å². The fourth-order valence-electron chi connectivity index (χ4n) is 4.68. The first-order valence-electron chi connectivity index (χ1n) is 6.90. The van der Waals surface area contributed by atoms with Gasteiger partial charge >= 0.3 is 0 Å². The number of amides is 2. The first-order valence-corrected chi connectivity index (χ1v) is 6.90. The number of hydrogen-bond acceptors (Lipinski definition) is 3. The molecule has 6 unspecified atom stereocenters. The molecule has 2 saturated carbocycles. The minimum Gasteiger partial charge on any atom is -0.391 e. The summed E-state index contributed by atoms with van der Waals surface area (Å²) in [6, 6.07) is 0.0388. The summed E-state index contributed by atoms with van der Waals surface area (Å²) in [6.07, 6.45) is 2.15. The molecule has 2 bridgehead atoms. The number of rotatable bonds is 1. The Kier molecular flexibility index (Phi) is 2.08. The van der Waals surface area contributed by atoms with Crippen molar-refractivity contribution in [2.45, 2.75) is 31.4 Å². The van der Waals surface area contributed by atoms with Gasteiger partial charge in [-0.25, -0.2) is 0 Å². The average Bonchev–Trinajstić information content (AvgIpc) is 3.01. The highest BCUT2D eigenvalue weighted by molar-refractivity contribution is 5.89. The van der Waals surface area contributed by atoms with Gasteiger partial charge in [-0.05, 0) is 30.6 Å². The minimum absolute atomic E-state index is 0.0274. The van der Waals surface area contributed by atoms with Gasteiger partial charge in [0.2, 0.25) is 11.8 Å². The number of carbonyl (C=O) groups is 2. The summed E-state index contributed by atoms with van der Waals surface area (Å²) in [5, 5.41) is 13.0. The van der Waals surface area contributed by atoms with Crippen molar-refractivity contribution in [3.05, 3.63) is 0 Å². The monoisotopic (exact) mass is 250 g/mol. The molecule has 5 nitrogen and oxygen atoms in total. The molecule has 0 aromatic rings. The smallest absolute Gasteiger partial charge is 0.228 e.